The maximum absolute atomic E-state index is 14.0. The van der Waals surface area contributed by atoms with Crippen molar-refractivity contribution in [3.8, 4) is 5.75 Å². The molecule has 0 heterocycles. The maximum Gasteiger partial charge on any atom is 0.142 e. The second kappa shape index (κ2) is 7.23. The van der Waals surface area contributed by atoms with Crippen molar-refractivity contribution in [2.24, 2.45) is 5.73 Å². The van der Waals surface area contributed by atoms with Gasteiger partial charge in [-0.3, -0.25) is 0 Å². The van der Waals surface area contributed by atoms with E-state index in [1.807, 2.05) is 31.2 Å². The predicted molar refractivity (Wildman–Crippen MR) is 83.9 cm³/mol. The predicted octanol–water partition coefficient (Wildman–Crippen LogP) is 4.25. The van der Waals surface area contributed by atoms with Gasteiger partial charge in [0.05, 0.1) is 0 Å². The molecule has 0 amide bonds. The standard InChI is InChI=1S/C18H22FNO/c1-3-13-8-7-9-14(12-13)21-18(17(20)4-2)15-10-5-6-11-16(15)19/h5-12,17-18H,3-4,20H2,1-2H3. The van der Waals surface area contributed by atoms with Gasteiger partial charge in [-0.05, 0) is 36.6 Å². The fourth-order valence-electron chi connectivity index (χ4n) is 2.29. The van der Waals surface area contributed by atoms with Crippen molar-refractivity contribution in [3.63, 3.8) is 0 Å². The molecule has 0 fully saturated rings. The molecule has 0 bridgehead atoms. The molecule has 0 aliphatic heterocycles. The Balaban J connectivity index is 2.31. The molecule has 2 aromatic carbocycles. The van der Waals surface area contributed by atoms with Crippen molar-refractivity contribution in [1.82, 2.24) is 0 Å². The SMILES string of the molecule is CCc1cccc(OC(c2ccccc2F)C(N)CC)c1. The Morgan fingerprint density at radius 3 is 2.52 bits per heavy atom. The van der Waals surface area contributed by atoms with Crippen LogP contribution in [0.4, 0.5) is 4.39 Å². The largest absolute Gasteiger partial charge is 0.484 e. The summed E-state index contributed by atoms with van der Waals surface area (Å²) < 4.78 is 20.1. The first-order valence-electron chi connectivity index (χ1n) is 7.41. The van der Waals surface area contributed by atoms with Crippen molar-refractivity contribution < 1.29 is 9.13 Å². The van der Waals surface area contributed by atoms with Crippen LogP contribution in [0.3, 0.4) is 0 Å². The van der Waals surface area contributed by atoms with E-state index in [1.54, 1.807) is 18.2 Å². The topological polar surface area (TPSA) is 35.2 Å². The second-order valence-corrected chi connectivity index (χ2v) is 5.13. The molecule has 0 aliphatic rings. The van der Waals surface area contributed by atoms with E-state index in [2.05, 4.69) is 6.92 Å². The zero-order chi connectivity index (χ0) is 15.2. The van der Waals surface area contributed by atoms with E-state index in [-0.39, 0.29) is 11.9 Å². The van der Waals surface area contributed by atoms with Crippen molar-refractivity contribution in [2.75, 3.05) is 0 Å². The molecule has 112 valence electrons. The summed E-state index contributed by atoms with van der Waals surface area (Å²) in [6.45, 7) is 4.07. The van der Waals surface area contributed by atoms with Crippen LogP contribution < -0.4 is 10.5 Å². The highest BCUT2D eigenvalue weighted by Crippen LogP contribution is 2.27. The fraction of sp³-hybridized carbons (Fsp3) is 0.333. The van der Waals surface area contributed by atoms with Gasteiger partial charge in [0, 0.05) is 11.6 Å². The van der Waals surface area contributed by atoms with Crippen LogP contribution in [0.5, 0.6) is 5.75 Å². The van der Waals surface area contributed by atoms with Gasteiger partial charge in [-0.1, -0.05) is 44.2 Å². The van der Waals surface area contributed by atoms with E-state index in [9.17, 15) is 4.39 Å². The van der Waals surface area contributed by atoms with Crippen LogP contribution in [-0.2, 0) is 6.42 Å². The van der Waals surface area contributed by atoms with Gasteiger partial charge >= 0.3 is 0 Å². The molecule has 2 nitrogen and oxygen atoms in total. The lowest BCUT2D eigenvalue weighted by atomic mass is 10.00. The summed E-state index contributed by atoms with van der Waals surface area (Å²) in [6, 6.07) is 14.3. The highest BCUT2D eigenvalue weighted by molar-refractivity contribution is 5.30. The molecule has 2 N–H and O–H groups in total. The van der Waals surface area contributed by atoms with Crippen LogP contribution in [0.15, 0.2) is 48.5 Å². The maximum atomic E-state index is 14.0. The molecule has 3 heteroatoms. The van der Waals surface area contributed by atoms with Gasteiger partial charge in [-0.2, -0.15) is 0 Å². The van der Waals surface area contributed by atoms with Crippen molar-refractivity contribution >= 4 is 0 Å². The van der Waals surface area contributed by atoms with Crippen LogP contribution in [0.2, 0.25) is 0 Å². The summed E-state index contributed by atoms with van der Waals surface area (Å²) in [5.74, 6) is 0.449. The highest BCUT2D eigenvalue weighted by atomic mass is 19.1. The Hall–Kier alpha value is -1.87. The van der Waals surface area contributed by atoms with Gasteiger partial charge < -0.3 is 10.5 Å². The molecule has 2 unspecified atom stereocenters. The van der Waals surface area contributed by atoms with E-state index in [0.717, 1.165) is 12.2 Å². The second-order valence-electron chi connectivity index (χ2n) is 5.13. The summed E-state index contributed by atoms with van der Waals surface area (Å²) in [6.07, 6.45) is 1.16. The minimum atomic E-state index is -0.483. The van der Waals surface area contributed by atoms with Crippen molar-refractivity contribution in [1.29, 1.82) is 0 Å². The molecule has 2 aromatic rings. The molecule has 2 rings (SSSR count). The minimum absolute atomic E-state index is 0.257. The van der Waals surface area contributed by atoms with Crippen LogP contribution in [0, 0.1) is 5.82 Å². The lowest BCUT2D eigenvalue weighted by molar-refractivity contribution is 0.166. The van der Waals surface area contributed by atoms with Gasteiger partial charge in [0.15, 0.2) is 0 Å². The van der Waals surface area contributed by atoms with Crippen LogP contribution >= 0.6 is 0 Å². The molecule has 21 heavy (non-hydrogen) atoms. The van der Waals surface area contributed by atoms with Crippen molar-refractivity contribution in [3.05, 3.63) is 65.5 Å². The molecule has 0 spiro atoms. The van der Waals surface area contributed by atoms with E-state index in [4.69, 9.17) is 10.5 Å². The van der Waals surface area contributed by atoms with Gasteiger partial charge in [-0.15, -0.1) is 0 Å². The number of halogens is 1. The van der Waals surface area contributed by atoms with Gasteiger partial charge in [0.1, 0.15) is 17.7 Å². The Morgan fingerprint density at radius 1 is 1.10 bits per heavy atom. The Labute approximate surface area is 125 Å². The summed E-state index contributed by atoms with van der Waals surface area (Å²) in [5.41, 5.74) is 7.84. The van der Waals surface area contributed by atoms with Crippen LogP contribution in [0.1, 0.15) is 37.5 Å². The lowest BCUT2D eigenvalue weighted by Crippen LogP contribution is -2.32. The first-order chi connectivity index (χ1) is 10.2. The number of benzene rings is 2. The fourth-order valence-corrected chi connectivity index (χ4v) is 2.29. The molecular formula is C18H22FNO. The number of hydrogen-bond acceptors (Lipinski definition) is 2. The van der Waals surface area contributed by atoms with Crippen LogP contribution in [-0.4, -0.2) is 6.04 Å². The average molecular weight is 287 g/mol. The normalized spacial score (nSPS) is 13.7. The van der Waals surface area contributed by atoms with E-state index < -0.39 is 6.10 Å². The van der Waals surface area contributed by atoms with E-state index >= 15 is 0 Å². The molecule has 0 saturated carbocycles. The third kappa shape index (κ3) is 3.82. The highest BCUT2D eigenvalue weighted by Gasteiger charge is 2.23. The van der Waals surface area contributed by atoms with Crippen molar-refractivity contribution in [2.45, 2.75) is 38.8 Å². The smallest absolute Gasteiger partial charge is 0.142 e. The zero-order valence-electron chi connectivity index (χ0n) is 12.6. The van der Waals surface area contributed by atoms with Gasteiger partial charge in [0.25, 0.3) is 0 Å². The molecule has 0 radical (unpaired) electrons. The van der Waals surface area contributed by atoms with Gasteiger partial charge in [0.2, 0.25) is 0 Å². The number of ether oxygens (including phenoxy) is 1. The lowest BCUT2D eigenvalue weighted by Gasteiger charge is -2.25. The zero-order valence-corrected chi connectivity index (χ0v) is 12.6. The Bertz CT molecular complexity index is 585. The molecule has 0 saturated heterocycles. The Morgan fingerprint density at radius 2 is 1.86 bits per heavy atom. The molecular weight excluding hydrogens is 265 g/mol. The third-order valence-corrected chi connectivity index (χ3v) is 3.64. The Kier molecular flexibility index (Phi) is 5.34. The molecule has 0 aliphatic carbocycles. The average Bonchev–Trinajstić information content (AvgIpc) is 2.53. The van der Waals surface area contributed by atoms with E-state index in [1.165, 1.54) is 11.6 Å². The summed E-state index contributed by atoms with van der Waals surface area (Å²) in [7, 11) is 0. The number of nitrogens with two attached hydrogens (primary N) is 1. The first-order valence-corrected chi connectivity index (χ1v) is 7.41. The first kappa shape index (κ1) is 15.5. The number of rotatable bonds is 6. The molecule has 2 atom stereocenters. The van der Waals surface area contributed by atoms with Gasteiger partial charge in [-0.25, -0.2) is 4.39 Å². The van der Waals surface area contributed by atoms with Crippen LogP contribution in [0.25, 0.3) is 0 Å². The molecule has 0 aromatic heterocycles. The monoisotopic (exact) mass is 287 g/mol. The van der Waals surface area contributed by atoms with E-state index in [0.29, 0.717) is 12.0 Å². The summed E-state index contributed by atoms with van der Waals surface area (Å²) in [5, 5.41) is 0. The quantitative estimate of drug-likeness (QED) is 0.862. The summed E-state index contributed by atoms with van der Waals surface area (Å²) in [4.78, 5) is 0. The number of aryl methyl sites for hydroxylation is 1. The third-order valence-electron chi connectivity index (χ3n) is 3.64. The summed E-state index contributed by atoms with van der Waals surface area (Å²) >= 11 is 0. The minimum Gasteiger partial charge on any atom is -0.484 e. The number of hydrogen-bond donors (Lipinski definition) is 1.